The molecule has 2 saturated heterocycles. The Balaban J connectivity index is 1.85. The quantitative estimate of drug-likeness (QED) is 0.757. The van der Waals surface area contributed by atoms with Crippen LogP contribution in [-0.4, -0.2) is 40.8 Å². The fraction of sp³-hybridized carbons (Fsp3) is 0.500. The number of nitrogens with zero attached hydrogens (tertiary/aromatic N) is 1. The lowest BCUT2D eigenvalue weighted by molar-refractivity contribution is -0.165. The lowest BCUT2D eigenvalue weighted by Crippen LogP contribution is -2.68. The standard InChI is InChI=1S/C16H15NO5/c1-15-6-10(18)16-12(14(15)20)13(22-15)8-4-2-3-5-9(8)17(16)11(19)7-21-16/h2-5,12-14,20H,6-7H2,1H3. The predicted octanol–water partition coefficient (Wildman–Crippen LogP) is 0.540. The van der Waals surface area contributed by atoms with Gasteiger partial charge in [0.2, 0.25) is 5.72 Å². The van der Waals surface area contributed by atoms with Gasteiger partial charge in [-0.15, -0.1) is 0 Å². The highest BCUT2D eigenvalue weighted by Gasteiger charge is 2.75. The van der Waals surface area contributed by atoms with E-state index in [1.165, 1.54) is 4.90 Å². The molecule has 3 aliphatic heterocycles. The van der Waals surface area contributed by atoms with Crippen molar-refractivity contribution in [2.24, 2.45) is 5.92 Å². The number of rotatable bonds is 0. The molecule has 1 saturated carbocycles. The highest BCUT2D eigenvalue weighted by Crippen LogP contribution is 2.62. The maximum absolute atomic E-state index is 12.9. The molecule has 0 aromatic heterocycles. The Labute approximate surface area is 126 Å². The van der Waals surface area contributed by atoms with Crippen molar-refractivity contribution < 1.29 is 24.2 Å². The van der Waals surface area contributed by atoms with Gasteiger partial charge in [-0.05, 0) is 13.0 Å². The maximum Gasteiger partial charge on any atom is 0.255 e. The van der Waals surface area contributed by atoms with Gasteiger partial charge >= 0.3 is 0 Å². The van der Waals surface area contributed by atoms with E-state index in [-0.39, 0.29) is 24.7 Å². The minimum absolute atomic E-state index is 0.0406. The van der Waals surface area contributed by atoms with Crippen LogP contribution in [0.15, 0.2) is 24.3 Å². The number of para-hydroxylation sites is 1. The fourth-order valence-corrected chi connectivity index (χ4v) is 4.61. The number of benzene rings is 1. The lowest BCUT2D eigenvalue weighted by atomic mass is 9.68. The zero-order chi connectivity index (χ0) is 15.3. The predicted molar refractivity (Wildman–Crippen MR) is 74.0 cm³/mol. The van der Waals surface area contributed by atoms with Crippen LogP contribution in [0.4, 0.5) is 5.69 Å². The van der Waals surface area contributed by atoms with E-state index in [4.69, 9.17) is 9.47 Å². The van der Waals surface area contributed by atoms with E-state index in [2.05, 4.69) is 0 Å². The molecule has 1 amide bonds. The van der Waals surface area contributed by atoms with Crippen molar-refractivity contribution in [3.8, 4) is 0 Å². The molecule has 6 nitrogen and oxygen atoms in total. The number of fused-ring (bicyclic) bond motifs is 4. The van der Waals surface area contributed by atoms with E-state index in [1.54, 1.807) is 13.0 Å². The van der Waals surface area contributed by atoms with Crippen LogP contribution in [-0.2, 0) is 19.1 Å². The Morgan fingerprint density at radius 3 is 2.91 bits per heavy atom. The van der Waals surface area contributed by atoms with Crippen LogP contribution in [0.2, 0.25) is 0 Å². The number of aliphatic hydroxyl groups excluding tert-OH is 1. The van der Waals surface area contributed by atoms with E-state index in [0.29, 0.717) is 5.69 Å². The first-order valence-electron chi connectivity index (χ1n) is 7.44. The summed E-state index contributed by atoms with van der Waals surface area (Å²) in [7, 11) is 0. The first kappa shape index (κ1) is 12.8. The van der Waals surface area contributed by atoms with Gasteiger partial charge in [-0.25, -0.2) is 0 Å². The zero-order valence-corrected chi connectivity index (χ0v) is 12.0. The fourth-order valence-electron chi connectivity index (χ4n) is 4.61. The lowest BCUT2D eigenvalue weighted by Gasteiger charge is -2.49. The van der Waals surface area contributed by atoms with Gasteiger partial charge in [0.05, 0.1) is 29.4 Å². The van der Waals surface area contributed by atoms with Gasteiger partial charge in [0, 0.05) is 12.0 Å². The first-order valence-corrected chi connectivity index (χ1v) is 7.44. The second-order valence-corrected chi connectivity index (χ2v) is 6.69. The maximum atomic E-state index is 12.9. The minimum Gasteiger partial charge on any atom is -0.389 e. The van der Waals surface area contributed by atoms with Crippen molar-refractivity contribution in [2.75, 3.05) is 11.5 Å². The van der Waals surface area contributed by atoms with Gasteiger partial charge in [0.1, 0.15) is 6.61 Å². The Morgan fingerprint density at radius 1 is 1.32 bits per heavy atom. The van der Waals surface area contributed by atoms with Crippen LogP contribution >= 0.6 is 0 Å². The summed E-state index contributed by atoms with van der Waals surface area (Å²) in [6.45, 7) is 1.61. The van der Waals surface area contributed by atoms with Gasteiger partial charge in [-0.3, -0.25) is 14.5 Å². The second-order valence-electron chi connectivity index (χ2n) is 6.69. The van der Waals surface area contributed by atoms with Crippen molar-refractivity contribution in [2.45, 2.75) is 36.9 Å². The van der Waals surface area contributed by atoms with Crippen molar-refractivity contribution >= 4 is 17.4 Å². The highest BCUT2D eigenvalue weighted by atomic mass is 16.6. The third kappa shape index (κ3) is 1.13. The molecule has 6 heteroatoms. The van der Waals surface area contributed by atoms with Gasteiger partial charge in [-0.1, -0.05) is 18.2 Å². The summed E-state index contributed by atoms with van der Waals surface area (Å²) >= 11 is 0. The number of hydrogen-bond donors (Lipinski definition) is 1. The van der Waals surface area contributed by atoms with Gasteiger partial charge in [-0.2, -0.15) is 0 Å². The third-order valence-corrected chi connectivity index (χ3v) is 5.53. The summed E-state index contributed by atoms with van der Waals surface area (Å²) in [5.41, 5.74) is -0.848. The van der Waals surface area contributed by atoms with Crippen LogP contribution in [0, 0.1) is 5.92 Å². The normalized spacial score (nSPS) is 45.0. The van der Waals surface area contributed by atoms with E-state index >= 15 is 0 Å². The summed E-state index contributed by atoms with van der Waals surface area (Å²) in [5, 5.41) is 10.8. The second kappa shape index (κ2) is 3.59. The molecule has 4 aliphatic rings. The van der Waals surface area contributed by atoms with Crippen molar-refractivity contribution in [1.82, 2.24) is 0 Å². The molecule has 1 N–H and O–H groups in total. The molecular formula is C16H15NO5. The summed E-state index contributed by atoms with van der Waals surface area (Å²) in [6.07, 6.45) is -1.25. The summed E-state index contributed by atoms with van der Waals surface area (Å²) in [5.74, 6) is -1.02. The minimum atomic E-state index is -1.41. The molecule has 5 rings (SSSR count). The number of anilines is 1. The van der Waals surface area contributed by atoms with E-state index in [9.17, 15) is 14.7 Å². The Hall–Kier alpha value is -1.76. The SMILES string of the molecule is CC12CC(=O)C34OCC(=O)N3c3ccccc3C(O1)C4C2O. The molecule has 5 unspecified atom stereocenters. The molecule has 1 aromatic carbocycles. The number of hydrogen-bond acceptors (Lipinski definition) is 5. The van der Waals surface area contributed by atoms with Crippen LogP contribution in [0.1, 0.15) is 25.0 Å². The van der Waals surface area contributed by atoms with Crippen LogP contribution < -0.4 is 4.90 Å². The number of Topliss-reactive ketones (excluding diaryl/α,β-unsaturated/α-hetero) is 1. The molecule has 114 valence electrons. The Bertz CT molecular complexity index is 733. The Morgan fingerprint density at radius 2 is 2.09 bits per heavy atom. The van der Waals surface area contributed by atoms with Crippen LogP contribution in [0.5, 0.6) is 0 Å². The van der Waals surface area contributed by atoms with Crippen LogP contribution in [0.25, 0.3) is 0 Å². The number of ether oxygens (including phenoxy) is 2. The summed E-state index contributed by atoms with van der Waals surface area (Å²) in [4.78, 5) is 26.7. The van der Waals surface area contributed by atoms with Crippen molar-refractivity contribution in [3.63, 3.8) is 0 Å². The van der Waals surface area contributed by atoms with E-state index < -0.39 is 29.5 Å². The van der Waals surface area contributed by atoms with E-state index in [0.717, 1.165) is 5.56 Å². The van der Waals surface area contributed by atoms with Crippen molar-refractivity contribution in [1.29, 1.82) is 0 Å². The van der Waals surface area contributed by atoms with Crippen molar-refractivity contribution in [3.05, 3.63) is 29.8 Å². The summed E-state index contributed by atoms with van der Waals surface area (Å²) in [6, 6.07) is 7.38. The molecule has 5 atom stereocenters. The largest absolute Gasteiger partial charge is 0.389 e. The molecular weight excluding hydrogens is 286 g/mol. The third-order valence-electron chi connectivity index (χ3n) is 5.53. The molecule has 1 spiro atoms. The zero-order valence-electron chi connectivity index (χ0n) is 12.0. The highest BCUT2D eigenvalue weighted by molar-refractivity contribution is 6.08. The number of ketones is 1. The smallest absolute Gasteiger partial charge is 0.255 e. The van der Waals surface area contributed by atoms with Gasteiger partial charge in [0.15, 0.2) is 5.78 Å². The molecule has 22 heavy (non-hydrogen) atoms. The molecule has 2 bridgehead atoms. The number of carbonyl (C=O) groups excluding carboxylic acids is 2. The molecule has 3 heterocycles. The van der Waals surface area contributed by atoms with Crippen LogP contribution in [0.3, 0.4) is 0 Å². The average Bonchev–Trinajstić information content (AvgIpc) is 2.94. The first-order chi connectivity index (χ1) is 10.5. The average molecular weight is 301 g/mol. The van der Waals surface area contributed by atoms with Gasteiger partial charge in [0.25, 0.3) is 5.91 Å². The topological polar surface area (TPSA) is 76.1 Å². The Kier molecular flexibility index (Phi) is 2.08. The number of carbonyl (C=O) groups is 2. The molecule has 1 aliphatic carbocycles. The van der Waals surface area contributed by atoms with Gasteiger partial charge < -0.3 is 14.6 Å². The van der Waals surface area contributed by atoms with E-state index in [1.807, 2.05) is 18.2 Å². The molecule has 0 radical (unpaired) electrons. The molecule has 1 aromatic rings. The number of aliphatic hydroxyl groups is 1. The number of amides is 1. The monoisotopic (exact) mass is 301 g/mol. The summed E-state index contributed by atoms with van der Waals surface area (Å²) < 4.78 is 11.8. The molecule has 3 fully saturated rings.